The number of benzene rings is 1. The number of nitrogens with zero attached hydrogens (tertiary/aromatic N) is 1. The predicted octanol–water partition coefficient (Wildman–Crippen LogP) is 2.75. The van der Waals surface area contributed by atoms with Gasteiger partial charge in [-0.25, -0.2) is 8.78 Å². The number of fused-ring (bicyclic) bond motifs is 1. The first-order chi connectivity index (χ1) is 14.9. The Labute approximate surface area is 178 Å². The molecule has 1 fully saturated rings. The van der Waals surface area contributed by atoms with Crippen LogP contribution in [0.2, 0.25) is 0 Å². The number of amides is 1. The summed E-state index contributed by atoms with van der Waals surface area (Å²) in [6, 6.07) is 1.21. The van der Waals surface area contributed by atoms with Gasteiger partial charge in [-0.05, 0) is 30.7 Å². The van der Waals surface area contributed by atoms with Crippen LogP contribution < -0.4 is 15.2 Å². The van der Waals surface area contributed by atoms with Gasteiger partial charge in [0, 0.05) is 34.7 Å². The van der Waals surface area contributed by atoms with Crippen LogP contribution in [0, 0.1) is 17.6 Å². The Morgan fingerprint density at radius 3 is 2.55 bits per heavy atom. The van der Waals surface area contributed by atoms with Gasteiger partial charge in [-0.15, -0.1) is 0 Å². The summed E-state index contributed by atoms with van der Waals surface area (Å²) in [6.45, 7) is 4.58. The number of methoxy groups -OCH3 is 2. The molecule has 1 aromatic carbocycles. The van der Waals surface area contributed by atoms with Crippen LogP contribution in [0.3, 0.4) is 0 Å². The number of aromatic amines is 1. The maximum absolute atomic E-state index is 15.0. The van der Waals surface area contributed by atoms with Gasteiger partial charge >= 0.3 is 0 Å². The van der Waals surface area contributed by atoms with Crippen molar-refractivity contribution < 1.29 is 27.8 Å². The van der Waals surface area contributed by atoms with E-state index in [2.05, 4.69) is 16.8 Å². The van der Waals surface area contributed by atoms with Crippen LogP contribution in [-0.4, -0.2) is 43.5 Å². The van der Waals surface area contributed by atoms with Gasteiger partial charge in [0.2, 0.25) is 5.91 Å². The van der Waals surface area contributed by atoms with Crippen molar-refractivity contribution in [2.45, 2.75) is 31.1 Å². The van der Waals surface area contributed by atoms with E-state index in [1.807, 2.05) is 0 Å². The molecular formula is C22H25F2N3O4. The number of hydrogen-bond donors (Lipinski definition) is 2. The molecule has 1 saturated heterocycles. The van der Waals surface area contributed by atoms with E-state index >= 15 is 0 Å². The van der Waals surface area contributed by atoms with Gasteiger partial charge in [0.1, 0.15) is 0 Å². The Morgan fingerprint density at radius 1 is 1.26 bits per heavy atom. The average molecular weight is 433 g/mol. The smallest absolute Gasteiger partial charge is 0.244 e. The fourth-order valence-electron chi connectivity index (χ4n) is 4.70. The van der Waals surface area contributed by atoms with Gasteiger partial charge in [0.25, 0.3) is 0 Å². The highest BCUT2D eigenvalue weighted by molar-refractivity contribution is 5.92. The molecule has 7 nitrogen and oxygen atoms in total. The van der Waals surface area contributed by atoms with Crippen LogP contribution in [0.4, 0.5) is 8.78 Å². The summed E-state index contributed by atoms with van der Waals surface area (Å²) < 4.78 is 45.6. The van der Waals surface area contributed by atoms with Crippen molar-refractivity contribution in [3.63, 3.8) is 0 Å². The van der Waals surface area contributed by atoms with E-state index in [0.717, 1.165) is 17.0 Å². The van der Waals surface area contributed by atoms with E-state index in [9.17, 15) is 13.6 Å². The lowest BCUT2D eigenvalue weighted by atomic mass is 9.78. The topological polar surface area (TPSA) is 99.5 Å². The van der Waals surface area contributed by atoms with Gasteiger partial charge in [0.05, 0.1) is 33.1 Å². The van der Waals surface area contributed by atoms with Gasteiger partial charge in [-0.1, -0.05) is 6.58 Å². The third kappa shape index (κ3) is 3.56. The predicted molar refractivity (Wildman–Crippen MR) is 108 cm³/mol. The van der Waals surface area contributed by atoms with Crippen LogP contribution in [-0.2, 0) is 22.4 Å². The highest BCUT2D eigenvalue weighted by Gasteiger charge is 2.39. The second kappa shape index (κ2) is 8.30. The standard InChI is InChI=1S/C22H25F2N3O4/c1-10(22(25)28)13-8-31-9-14(13)21-12-5-4-11(6-15(12)26-27-21)18-19(23)16(29-2)7-17(30-3)20(18)24/h7,11,13-14H,1,4-6,8-9H2,2-3H3,(H2,25,28)(H,26,27)/t11-,13+,14-/m0/s1. The van der Waals surface area contributed by atoms with Gasteiger partial charge in [-0.3, -0.25) is 9.89 Å². The zero-order valence-corrected chi connectivity index (χ0v) is 17.5. The minimum Gasteiger partial charge on any atom is -0.494 e. The molecule has 4 rings (SSSR count). The average Bonchev–Trinajstić information content (AvgIpc) is 3.39. The second-order valence-corrected chi connectivity index (χ2v) is 7.97. The highest BCUT2D eigenvalue weighted by atomic mass is 19.1. The molecule has 2 aliphatic rings. The molecule has 3 atom stereocenters. The molecule has 1 aliphatic carbocycles. The summed E-state index contributed by atoms with van der Waals surface area (Å²) in [7, 11) is 2.67. The first-order valence-corrected chi connectivity index (χ1v) is 10.1. The number of rotatable bonds is 6. The van der Waals surface area contributed by atoms with E-state index < -0.39 is 23.5 Å². The van der Waals surface area contributed by atoms with Crippen molar-refractivity contribution in [2.24, 2.45) is 11.7 Å². The van der Waals surface area contributed by atoms with E-state index in [1.54, 1.807) is 0 Å². The molecule has 1 amide bonds. The Balaban J connectivity index is 1.65. The molecule has 1 aliphatic heterocycles. The lowest BCUT2D eigenvalue weighted by Gasteiger charge is -2.26. The molecule has 31 heavy (non-hydrogen) atoms. The van der Waals surface area contributed by atoms with Crippen LogP contribution in [0.1, 0.15) is 40.8 Å². The summed E-state index contributed by atoms with van der Waals surface area (Å²) in [5.41, 5.74) is 8.33. The minimum atomic E-state index is -0.712. The Bertz CT molecular complexity index is 1010. The number of primary amides is 1. The zero-order chi connectivity index (χ0) is 22.3. The van der Waals surface area contributed by atoms with Crippen molar-refractivity contribution in [2.75, 3.05) is 27.4 Å². The molecule has 1 aromatic heterocycles. The monoisotopic (exact) mass is 433 g/mol. The number of aromatic nitrogens is 2. The van der Waals surface area contributed by atoms with Crippen LogP contribution in [0.25, 0.3) is 0 Å². The van der Waals surface area contributed by atoms with Crippen molar-refractivity contribution in [3.05, 3.63) is 52.4 Å². The summed E-state index contributed by atoms with van der Waals surface area (Å²) >= 11 is 0. The Hall–Kier alpha value is -2.94. The first kappa shape index (κ1) is 21.3. The lowest BCUT2D eigenvalue weighted by Crippen LogP contribution is -2.24. The van der Waals surface area contributed by atoms with Gasteiger partial charge < -0.3 is 19.9 Å². The summed E-state index contributed by atoms with van der Waals surface area (Å²) in [5, 5.41) is 7.51. The number of nitrogens with one attached hydrogen (secondary N) is 1. The summed E-state index contributed by atoms with van der Waals surface area (Å²) in [5.74, 6) is -2.86. The molecule has 0 unspecified atom stereocenters. The van der Waals surface area contributed by atoms with E-state index in [0.29, 0.717) is 38.0 Å². The number of halogens is 2. The largest absolute Gasteiger partial charge is 0.494 e. The Kier molecular flexibility index (Phi) is 5.70. The number of nitrogens with two attached hydrogens (primary N) is 1. The maximum atomic E-state index is 15.0. The van der Waals surface area contributed by atoms with Gasteiger partial charge in [-0.2, -0.15) is 5.10 Å². The molecule has 2 aromatic rings. The third-order valence-corrected chi connectivity index (χ3v) is 6.39. The summed E-state index contributed by atoms with van der Waals surface area (Å²) in [6.07, 6.45) is 1.50. The van der Waals surface area contributed by atoms with Crippen molar-refractivity contribution in [1.29, 1.82) is 0 Å². The fraction of sp³-hybridized carbons (Fsp3) is 0.455. The number of carbonyl (C=O) groups excluding carboxylic acids is 1. The minimum absolute atomic E-state index is 0.0396. The van der Waals surface area contributed by atoms with Crippen molar-refractivity contribution >= 4 is 5.91 Å². The fourth-order valence-corrected chi connectivity index (χ4v) is 4.70. The third-order valence-electron chi connectivity index (χ3n) is 6.39. The van der Waals surface area contributed by atoms with Gasteiger partial charge in [0.15, 0.2) is 23.1 Å². The Morgan fingerprint density at radius 2 is 1.94 bits per heavy atom. The van der Waals surface area contributed by atoms with Crippen molar-refractivity contribution in [3.8, 4) is 11.5 Å². The molecule has 0 spiro atoms. The van der Waals surface area contributed by atoms with Crippen LogP contribution in [0.15, 0.2) is 18.2 Å². The highest BCUT2D eigenvalue weighted by Crippen LogP contribution is 2.43. The number of hydrogen-bond acceptors (Lipinski definition) is 5. The van der Waals surface area contributed by atoms with E-state index in [1.165, 1.54) is 20.3 Å². The first-order valence-electron chi connectivity index (χ1n) is 10.1. The number of carbonyl (C=O) groups is 1. The molecular weight excluding hydrogens is 408 g/mol. The molecule has 9 heteroatoms. The maximum Gasteiger partial charge on any atom is 0.244 e. The zero-order valence-electron chi connectivity index (χ0n) is 17.5. The molecule has 0 radical (unpaired) electrons. The molecule has 0 saturated carbocycles. The SMILES string of the molecule is C=C(C(N)=O)[C@H]1COC[C@@H]1c1n[nH]c2c1CC[C@H](c1c(F)c(OC)cc(OC)c1F)C2. The normalized spacial score (nSPS) is 22.8. The van der Waals surface area contributed by atoms with E-state index in [-0.39, 0.29) is 28.9 Å². The van der Waals surface area contributed by atoms with Crippen molar-refractivity contribution in [1.82, 2.24) is 10.2 Å². The van der Waals surface area contributed by atoms with Crippen LogP contribution in [0.5, 0.6) is 11.5 Å². The molecule has 166 valence electrons. The molecule has 3 N–H and O–H groups in total. The lowest BCUT2D eigenvalue weighted by molar-refractivity contribution is -0.115. The number of ether oxygens (including phenoxy) is 3. The molecule has 2 heterocycles. The van der Waals surface area contributed by atoms with E-state index in [4.69, 9.17) is 19.9 Å². The quantitative estimate of drug-likeness (QED) is 0.683. The second-order valence-electron chi connectivity index (χ2n) is 7.97. The van der Waals surface area contributed by atoms with Crippen LogP contribution >= 0.6 is 0 Å². The molecule has 0 bridgehead atoms. The number of H-pyrrole nitrogens is 1. The summed E-state index contributed by atoms with van der Waals surface area (Å²) in [4.78, 5) is 11.6.